The minimum atomic E-state index is -4.54. The van der Waals surface area contributed by atoms with Gasteiger partial charge in [-0.15, -0.1) is 0 Å². The van der Waals surface area contributed by atoms with Crippen LogP contribution in [0.3, 0.4) is 0 Å². The SMILES string of the molecule is COC(=O)COCc1cccc(COc2cccc(-c3c(Cc4ccccc4C)cnc4c(C(F)(F)F)cccc34)c2)c1. The number of esters is 1. The lowest BCUT2D eigenvalue weighted by Crippen LogP contribution is -2.10. The number of ether oxygens (including phenoxy) is 3. The molecule has 8 heteroatoms. The second-order valence-corrected chi connectivity index (χ2v) is 10.2. The van der Waals surface area contributed by atoms with E-state index in [-0.39, 0.29) is 25.3 Å². The molecule has 0 aliphatic carbocycles. The summed E-state index contributed by atoms with van der Waals surface area (Å²) in [6, 6.07) is 27.1. The average Bonchev–Trinajstić information content (AvgIpc) is 3.00. The molecule has 43 heavy (non-hydrogen) atoms. The number of rotatable bonds is 10. The fourth-order valence-electron chi connectivity index (χ4n) is 5.01. The van der Waals surface area contributed by atoms with Gasteiger partial charge in [0, 0.05) is 11.6 Å². The summed E-state index contributed by atoms with van der Waals surface area (Å²) >= 11 is 0. The zero-order valence-electron chi connectivity index (χ0n) is 23.8. The molecule has 5 nitrogen and oxygen atoms in total. The van der Waals surface area contributed by atoms with E-state index in [1.165, 1.54) is 13.2 Å². The van der Waals surface area contributed by atoms with E-state index in [0.717, 1.165) is 39.4 Å². The van der Waals surface area contributed by atoms with Gasteiger partial charge < -0.3 is 14.2 Å². The maximum atomic E-state index is 13.9. The van der Waals surface area contributed by atoms with Crippen LogP contribution in [0.25, 0.3) is 22.0 Å². The van der Waals surface area contributed by atoms with Crippen LogP contribution in [-0.4, -0.2) is 24.7 Å². The van der Waals surface area contributed by atoms with Crippen LogP contribution in [0.5, 0.6) is 5.75 Å². The Bertz CT molecular complexity index is 1750. The molecule has 0 radical (unpaired) electrons. The fourth-order valence-corrected chi connectivity index (χ4v) is 5.01. The van der Waals surface area contributed by atoms with Crippen LogP contribution in [0.2, 0.25) is 0 Å². The lowest BCUT2D eigenvalue weighted by molar-refractivity contribution is -0.146. The van der Waals surface area contributed by atoms with E-state index < -0.39 is 17.7 Å². The summed E-state index contributed by atoms with van der Waals surface area (Å²) in [5.74, 6) is 0.127. The van der Waals surface area contributed by atoms with Gasteiger partial charge in [-0.25, -0.2) is 4.79 Å². The van der Waals surface area contributed by atoms with Gasteiger partial charge >= 0.3 is 12.1 Å². The maximum Gasteiger partial charge on any atom is 0.418 e. The molecule has 0 saturated carbocycles. The number of halogens is 3. The van der Waals surface area contributed by atoms with Crippen LogP contribution in [-0.2, 0) is 40.1 Å². The zero-order chi connectivity index (χ0) is 30.4. The number of alkyl halides is 3. The summed E-state index contributed by atoms with van der Waals surface area (Å²) in [5, 5.41) is 0.428. The molecular weight excluding hydrogens is 555 g/mol. The van der Waals surface area contributed by atoms with Crippen molar-refractivity contribution in [3.05, 3.63) is 131 Å². The number of carbonyl (C=O) groups is 1. The van der Waals surface area contributed by atoms with Crippen molar-refractivity contribution in [1.82, 2.24) is 4.98 Å². The molecule has 5 aromatic rings. The second kappa shape index (κ2) is 13.1. The highest BCUT2D eigenvalue weighted by Crippen LogP contribution is 2.39. The van der Waals surface area contributed by atoms with Gasteiger partial charge in [0.05, 0.1) is 24.8 Å². The van der Waals surface area contributed by atoms with Gasteiger partial charge in [0.15, 0.2) is 0 Å². The number of fused-ring (bicyclic) bond motifs is 1. The first-order chi connectivity index (χ1) is 20.7. The minimum Gasteiger partial charge on any atom is -0.489 e. The number of aromatic nitrogens is 1. The van der Waals surface area contributed by atoms with Crippen molar-refractivity contribution in [2.45, 2.75) is 32.7 Å². The highest BCUT2D eigenvalue weighted by molar-refractivity contribution is 5.98. The third-order valence-corrected chi connectivity index (χ3v) is 7.16. The first-order valence-corrected chi connectivity index (χ1v) is 13.7. The van der Waals surface area contributed by atoms with Crippen molar-refractivity contribution in [2.24, 2.45) is 0 Å². The number of benzene rings is 4. The topological polar surface area (TPSA) is 57.7 Å². The van der Waals surface area contributed by atoms with Crippen molar-refractivity contribution in [2.75, 3.05) is 13.7 Å². The Labute approximate surface area is 247 Å². The molecule has 0 N–H and O–H groups in total. The van der Waals surface area contributed by atoms with E-state index in [1.54, 1.807) is 12.3 Å². The Hall–Kier alpha value is -4.69. The Balaban J connectivity index is 1.47. The normalized spacial score (nSPS) is 11.5. The van der Waals surface area contributed by atoms with Gasteiger partial charge in [-0.2, -0.15) is 13.2 Å². The van der Waals surface area contributed by atoms with Crippen LogP contribution in [0.4, 0.5) is 13.2 Å². The van der Waals surface area contributed by atoms with E-state index in [1.807, 2.05) is 79.7 Å². The third kappa shape index (κ3) is 7.21. The third-order valence-electron chi connectivity index (χ3n) is 7.16. The van der Waals surface area contributed by atoms with Crippen molar-refractivity contribution >= 4 is 16.9 Å². The molecule has 1 aromatic heterocycles. The number of nitrogens with zero attached hydrogens (tertiary/aromatic N) is 1. The monoisotopic (exact) mass is 585 g/mol. The summed E-state index contributed by atoms with van der Waals surface area (Å²) in [6.45, 7) is 2.39. The molecule has 0 amide bonds. The average molecular weight is 586 g/mol. The first-order valence-electron chi connectivity index (χ1n) is 13.7. The molecule has 0 atom stereocenters. The number of hydrogen-bond acceptors (Lipinski definition) is 5. The van der Waals surface area contributed by atoms with Gasteiger partial charge in [-0.1, -0.05) is 72.8 Å². The van der Waals surface area contributed by atoms with Crippen LogP contribution < -0.4 is 4.74 Å². The van der Waals surface area contributed by atoms with Crippen molar-refractivity contribution in [3.63, 3.8) is 0 Å². The molecule has 0 saturated heterocycles. The highest BCUT2D eigenvalue weighted by atomic mass is 19.4. The van der Waals surface area contributed by atoms with Gasteiger partial charge in [0.2, 0.25) is 0 Å². The quantitative estimate of drug-likeness (QED) is 0.155. The van der Waals surface area contributed by atoms with Crippen LogP contribution in [0.15, 0.2) is 97.2 Å². The summed E-state index contributed by atoms with van der Waals surface area (Å²) in [5.41, 5.74) is 5.32. The molecule has 5 rings (SSSR count). The summed E-state index contributed by atoms with van der Waals surface area (Å²) in [6.07, 6.45) is -2.47. The van der Waals surface area contributed by atoms with Gasteiger partial charge in [-0.3, -0.25) is 4.98 Å². The van der Waals surface area contributed by atoms with Gasteiger partial charge in [0.1, 0.15) is 19.0 Å². The number of para-hydroxylation sites is 1. The molecule has 220 valence electrons. The maximum absolute atomic E-state index is 13.9. The number of carbonyl (C=O) groups excluding carboxylic acids is 1. The minimum absolute atomic E-state index is 0.0870. The molecule has 0 aliphatic heterocycles. The zero-order valence-corrected chi connectivity index (χ0v) is 23.8. The predicted octanol–water partition coefficient (Wildman–Crippen LogP) is 8.09. The molecule has 0 bridgehead atoms. The Morgan fingerprint density at radius 3 is 2.35 bits per heavy atom. The lowest BCUT2D eigenvalue weighted by Gasteiger charge is -2.17. The Morgan fingerprint density at radius 1 is 0.837 bits per heavy atom. The second-order valence-electron chi connectivity index (χ2n) is 10.2. The summed E-state index contributed by atoms with van der Waals surface area (Å²) in [7, 11) is 1.31. The van der Waals surface area contributed by atoms with Gasteiger partial charge in [0.25, 0.3) is 0 Å². The van der Waals surface area contributed by atoms with E-state index in [2.05, 4.69) is 9.72 Å². The molecule has 1 heterocycles. The number of methoxy groups -OCH3 is 1. The predicted molar refractivity (Wildman–Crippen MR) is 159 cm³/mol. The highest BCUT2D eigenvalue weighted by Gasteiger charge is 2.33. The van der Waals surface area contributed by atoms with Gasteiger partial charge in [-0.05, 0) is 70.5 Å². The molecular formula is C35H30F3NO4. The molecule has 0 unspecified atom stereocenters. The molecule has 0 aliphatic rings. The summed E-state index contributed by atoms with van der Waals surface area (Å²) < 4.78 is 57.9. The fraction of sp³-hybridized carbons (Fsp3) is 0.200. The Kier molecular flexibility index (Phi) is 9.07. The largest absolute Gasteiger partial charge is 0.489 e. The first kappa shape index (κ1) is 29.8. The van der Waals surface area contributed by atoms with Crippen LogP contribution >= 0.6 is 0 Å². The van der Waals surface area contributed by atoms with E-state index in [0.29, 0.717) is 23.1 Å². The number of pyridine rings is 1. The Morgan fingerprint density at radius 2 is 1.58 bits per heavy atom. The number of aryl methyl sites for hydroxylation is 1. The number of hydrogen-bond donors (Lipinski definition) is 0. The van der Waals surface area contributed by atoms with E-state index in [9.17, 15) is 18.0 Å². The van der Waals surface area contributed by atoms with Crippen molar-refractivity contribution in [3.8, 4) is 16.9 Å². The van der Waals surface area contributed by atoms with E-state index >= 15 is 0 Å². The lowest BCUT2D eigenvalue weighted by atomic mass is 9.91. The molecule has 0 spiro atoms. The summed E-state index contributed by atoms with van der Waals surface area (Å²) in [4.78, 5) is 15.6. The molecule has 0 fully saturated rings. The van der Waals surface area contributed by atoms with E-state index in [4.69, 9.17) is 9.47 Å². The van der Waals surface area contributed by atoms with Crippen LogP contribution in [0, 0.1) is 6.92 Å². The standard InChI is InChI=1S/C35H30F3NO4/c1-23-8-3-4-11-26(23)17-28-19-39-34-30(14-7-15-31(34)35(36,37)38)33(28)27-12-6-13-29(18-27)43-21-25-10-5-9-24(16-25)20-42-22-32(40)41-2/h3-16,18-19H,17,20-22H2,1-2H3. The van der Waals surface area contributed by atoms with Crippen molar-refractivity contribution in [1.29, 1.82) is 0 Å². The van der Waals surface area contributed by atoms with Crippen LogP contribution in [0.1, 0.15) is 33.4 Å². The smallest absolute Gasteiger partial charge is 0.418 e. The van der Waals surface area contributed by atoms with Crippen molar-refractivity contribution < 1.29 is 32.2 Å². The molecule has 4 aromatic carbocycles.